The zero-order chi connectivity index (χ0) is 22.6. The maximum atomic E-state index is 13.2. The number of carboxylic acid groups (broad SMARTS) is 2. The molecule has 3 atom stereocenters. The van der Waals surface area contributed by atoms with E-state index in [4.69, 9.17) is 10.8 Å². The van der Waals surface area contributed by atoms with Crippen molar-refractivity contribution in [1.29, 1.82) is 0 Å². The van der Waals surface area contributed by atoms with E-state index in [0.717, 1.165) is 64.2 Å². The Morgan fingerprint density at radius 1 is 0.933 bits per heavy atom. The van der Waals surface area contributed by atoms with Gasteiger partial charge in [0.15, 0.2) is 5.78 Å². The maximum absolute atomic E-state index is 13.2. The van der Waals surface area contributed by atoms with E-state index in [-0.39, 0.29) is 24.7 Å². The molecular weight excluding hydrogens is 382 g/mol. The molecule has 1 saturated carbocycles. The molecule has 3 unspecified atom stereocenters. The molecule has 0 radical (unpaired) electrons. The molecule has 0 spiro atoms. The molecule has 6 heteroatoms. The minimum absolute atomic E-state index is 0.0169. The second kappa shape index (κ2) is 13.1. The van der Waals surface area contributed by atoms with Crippen LogP contribution in [-0.4, -0.2) is 34.5 Å². The first-order valence-corrected chi connectivity index (χ1v) is 12.0. The quantitative estimate of drug-likeness (QED) is 0.261. The van der Waals surface area contributed by atoms with Gasteiger partial charge in [0.2, 0.25) is 0 Å². The number of carbonyl (C=O) groups is 3. The first-order chi connectivity index (χ1) is 14.3. The normalized spacial score (nSPS) is 22.8. The third kappa shape index (κ3) is 6.29. The average Bonchev–Trinajstić information content (AvgIpc) is 2.70. The lowest BCUT2D eigenvalue weighted by Gasteiger charge is -2.56. The zero-order valence-electron chi connectivity index (χ0n) is 19.1. The van der Waals surface area contributed by atoms with Gasteiger partial charge in [-0.1, -0.05) is 71.6 Å². The molecule has 6 nitrogen and oxygen atoms in total. The monoisotopic (exact) mass is 425 g/mol. The summed E-state index contributed by atoms with van der Waals surface area (Å²) in [5.74, 6) is -1.71. The molecule has 1 rings (SSSR count). The Morgan fingerprint density at radius 2 is 1.47 bits per heavy atom. The lowest BCUT2D eigenvalue weighted by Crippen LogP contribution is -2.61. The fourth-order valence-electron chi connectivity index (χ4n) is 5.51. The minimum Gasteiger partial charge on any atom is -0.481 e. The lowest BCUT2D eigenvalue weighted by atomic mass is 9.44. The number of unbranched alkanes of at least 4 members (excludes halogenated alkanes) is 8. The standard InChI is InChI=1S/C24H43NO5/c1-3-4-5-8-11-15-23(20(26)18-25,24(22(29)30)17-14-19(24)2)16-12-9-6-7-10-13-21(27)28/h19H,3-18,25H2,1-2H3,(H,27,28)(H,29,30). The number of hydrogen-bond acceptors (Lipinski definition) is 4. The number of hydrogen-bond donors (Lipinski definition) is 3. The number of aliphatic carboxylic acids is 2. The van der Waals surface area contributed by atoms with Gasteiger partial charge in [-0.25, -0.2) is 0 Å². The number of carbonyl (C=O) groups excluding carboxylic acids is 1. The molecule has 174 valence electrons. The highest BCUT2D eigenvalue weighted by Crippen LogP contribution is 2.62. The summed E-state index contributed by atoms with van der Waals surface area (Å²) in [5, 5.41) is 19.0. The molecule has 0 bridgehead atoms. The summed E-state index contributed by atoms with van der Waals surface area (Å²) in [7, 11) is 0. The van der Waals surface area contributed by atoms with Crippen molar-refractivity contribution in [1.82, 2.24) is 0 Å². The van der Waals surface area contributed by atoms with Crippen molar-refractivity contribution in [2.24, 2.45) is 22.5 Å². The zero-order valence-corrected chi connectivity index (χ0v) is 19.1. The first-order valence-electron chi connectivity index (χ1n) is 12.0. The molecule has 0 saturated heterocycles. The van der Waals surface area contributed by atoms with Crippen molar-refractivity contribution in [2.45, 2.75) is 110 Å². The van der Waals surface area contributed by atoms with E-state index in [2.05, 4.69) is 6.92 Å². The van der Waals surface area contributed by atoms with Gasteiger partial charge in [0, 0.05) is 11.8 Å². The van der Waals surface area contributed by atoms with Crippen LogP contribution in [0.15, 0.2) is 0 Å². The molecule has 4 N–H and O–H groups in total. The summed E-state index contributed by atoms with van der Waals surface area (Å²) in [6.07, 6.45) is 12.2. The van der Waals surface area contributed by atoms with E-state index in [0.29, 0.717) is 25.7 Å². The molecule has 0 aromatic heterocycles. The number of nitrogens with two attached hydrogens (primary N) is 1. The summed E-state index contributed by atoms with van der Waals surface area (Å²) in [6, 6.07) is 0. The second-order valence-corrected chi connectivity index (χ2v) is 9.25. The fraction of sp³-hybridized carbons (Fsp3) is 0.875. The first kappa shape index (κ1) is 26.6. The molecular formula is C24H43NO5. The molecule has 1 aliphatic carbocycles. The highest BCUT2D eigenvalue weighted by Gasteiger charge is 2.65. The summed E-state index contributed by atoms with van der Waals surface area (Å²) in [4.78, 5) is 36.4. The van der Waals surface area contributed by atoms with Gasteiger partial charge in [0.1, 0.15) is 0 Å². The van der Waals surface area contributed by atoms with Crippen molar-refractivity contribution in [3.05, 3.63) is 0 Å². The van der Waals surface area contributed by atoms with Crippen LogP contribution in [0.2, 0.25) is 0 Å². The number of ketones is 1. The Kier molecular flexibility index (Phi) is 11.6. The van der Waals surface area contributed by atoms with Gasteiger partial charge >= 0.3 is 11.9 Å². The van der Waals surface area contributed by atoms with Crippen LogP contribution in [0.1, 0.15) is 110 Å². The van der Waals surface area contributed by atoms with Crippen molar-refractivity contribution in [3.8, 4) is 0 Å². The Bertz CT molecular complexity index is 564. The van der Waals surface area contributed by atoms with E-state index in [9.17, 15) is 19.5 Å². The summed E-state index contributed by atoms with van der Waals surface area (Å²) in [6.45, 7) is 4.03. The molecule has 0 aliphatic heterocycles. The third-order valence-electron chi connectivity index (χ3n) is 7.47. The summed E-state index contributed by atoms with van der Waals surface area (Å²) >= 11 is 0. The van der Waals surface area contributed by atoms with E-state index in [1.807, 2.05) is 6.92 Å². The lowest BCUT2D eigenvalue weighted by molar-refractivity contribution is -0.187. The Labute approximate surface area is 182 Å². The van der Waals surface area contributed by atoms with Crippen molar-refractivity contribution in [2.75, 3.05) is 6.54 Å². The Balaban J connectivity index is 2.90. The van der Waals surface area contributed by atoms with Crippen LogP contribution < -0.4 is 5.73 Å². The van der Waals surface area contributed by atoms with Crippen LogP contribution in [0.5, 0.6) is 0 Å². The maximum Gasteiger partial charge on any atom is 0.310 e. The highest BCUT2D eigenvalue weighted by molar-refractivity contribution is 5.94. The predicted molar refractivity (Wildman–Crippen MR) is 118 cm³/mol. The predicted octanol–water partition coefficient (Wildman–Crippen LogP) is 5.18. The van der Waals surface area contributed by atoms with Gasteiger partial charge < -0.3 is 15.9 Å². The van der Waals surface area contributed by atoms with Crippen LogP contribution in [0.4, 0.5) is 0 Å². The van der Waals surface area contributed by atoms with Gasteiger partial charge in [-0.05, 0) is 38.0 Å². The third-order valence-corrected chi connectivity index (χ3v) is 7.47. The van der Waals surface area contributed by atoms with Crippen LogP contribution in [0.3, 0.4) is 0 Å². The van der Waals surface area contributed by atoms with Gasteiger partial charge in [-0.15, -0.1) is 0 Å². The van der Waals surface area contributed by atoms with E-state index >= 15 is 0 Å². The van der Waals surface area contributed by atoms with E-state index < -0.39 is 22.8 Å². The van der Waals surface area contributed by atoms with Crippen molar-refractivity contribution < 1.29 is 24.6 Å². The second-order valence-electron chi connectivity index (χ2n) is 9.25. The molecule has 30 heavy (non-hydrogen) atoms. The minimum atomic E-state index is -0.989. The van der Waals surface area contributed by atoms with Crippen LogP contribution in [0.25, 0.3) is 0 Å². The summed E-state index contributed by atoms with van der Waals surface area (Å²) < 4.78 is 0. The molecule has 0 aromatic rings. The topological polar surface area (TPSA) is 118 Å². The molecule has 1 fully saturated rings. The van der Waals surface area contributed by atoms with Gasteiger partial charge in [0.05, 0.1) is 12.0 Å². The number of carboxylic acids is 2. The highest BCUT2D eigenvalue weighted by atomic mass is 16.4. The Morgan fingerprint density at radius 3 is 1.87 bits per heavy atom. The van der Waals surface area contributed by atoms with Crippen LogP contribution >= 0.6 is 0 Å². The van der Waals surface area contributed by atoms with Gasteiger partial charge in [-0.2, -0.15) is 0 Å². The number of rotatable bonds is 18. The summed E-state index contributed by atoms with van der Waals surface area (Å²) in [5.41, 5.74) is 3.97. The van der Waals surface area contributed by atoms with Crippen LogP contribution in [-0.2, 0) is 14.4 Å². The molecule has 1 aliphatic rings. The van der Waals surface area contributed by atoms with E-state index in [1.54, 1.807) is 0 Å². The Hall–Kier alpha value is -1.43. The van der Waals surface area contributed by atoms with Crippen molar-refractivity contribution >= 4 is 17.7 Å². The smallest absolute Gasteiger partial charge is 0.310 e. The van der Waals surface area contributed by atoms with Gasteiger partial charge in [-0.3, -0.25) is 14.4 Å². The SMILES string of the molecule is CCCCCCCC(CCCCCCCC(=O)O)(C(=O)CN)C1(C(=O)O)CCC1C. The number of Topliss-reactive ketones (excluding diaryl/α,β-unsaturated/α-hetero) is 1. The largest absolute Gasteiger partial charge is 0.481 e. The molecule has 0 amide bonds. The average molecular weight is 426 g/mol. The molecule has 0 aromatic carbocycles. The van der Waals surface area contributed by atoms with Gasteiger partial charge in [0.25, 0.3) is 0 Å². The van der Waals surface area contributed by atoms with E-state index in [1.165, 1.54) is 0 Å². The van der Waals surface area contributed by atoms with Crippen molar-refractivity contribution in [3.63, 3.8) is 0 Å². The molecule has 0 heterocycles. The van der Waals surface area contributed by atoms with Crippen LogP contribution in [0, 0.1) is 16.7 Å². The fourth-order valence-corrected chi connectivity index (χ4v) is 5.51.